The molecule has 1 aromatic heterocycles. The molecule has 3 aromatic rings. The number of benzene rings is 2. The maximum Gasteiger partial charge on any atom is 0.362 e. The zero-order valence-corrected chi connectivity index (χ0v) is 17.5. The van der Waals surface area contributed by atoms with Crippen LogP contribution in [0.3, 0.4) is 0 Å². The van der Waals surface area contributed by atoms with E-state index in [1.165, 1.54) is 0 Å². The molecule has 2 atom stereocenters. The summed E-state index contributed by atoms with van der Waals surface area (Å²) in [7, 11) is 1.98. The number of carbonyl (C=O) groups is 1. The molecule has 0 fully saturated rings. The maximum absolute atomic E-state index is 13.2. The summed E-state index contributed by atoms with van der Waals surface area (Å²) in [4.78, 5) is 19.4. The van der Waals surface area contributed by atoms with Crippen LogP contribution in [0.5, 0.6) is 0 Å². The number of carboxylic acids is 1. The number of likely N-dealkylation sites (N-methyl/N-ethyl adjacent to an activating group) is 2. The Kier molecular flexibility index (Phi) is 5.12. The van der Waals surface area contributed by atoms with Gasteiger partial charge >= 0.3 is 5.97 Å². The lowest BCUT2D eigenvalue weighted by atomic mass is 9.78. The van der Waals surface area contributed by atoms with Gasteiger partial charge in [-0.1, -0.05) is 48.0 Å². The van der Waals surface area contributed by atoms with E-state index in [1.54, 1.807) is 12.4 Å². The molecule has 0 spiro atoms. The van der Waals surface area contributed by atoms with Gasteiger partial charge in [0.05, 0.1) is 19.2 Å². The normalized spacial score (nSPS) is 21.2. The Balaban J connectivity index is 2.06. The summed E-state index contributed by atoms with van der Waals surface area (Å²) in [6, 6.07) is 21.3. The molecular weight excluding hydrogens is 374 g/mol. The van der Waals surface area contributed by atoms with Crippen LogP contribution in [0.1, 0.15) is 35.2 Å². The molecule has 152 valence electrons. The van der Waals surface area contributed by atoms with Crippen molar-refractivity contribution < 1.29 is 14.5 Å². The molecule has 2 aromatic carbocycles. The molecule has 5 nitrogen and oxygen atoms in total. The molecule has 0 saturated heterocycles. The van der Waals surface area contributed by atoms with Gasteiger partial charge in [0.2, 0.25) is 0 Å². The van der Waals surface area contributed by atoms with Crippen LogP contribution >= 0.6 is 0 Å². The van der Waals surface area contributed by atoms with E-state index in [1.807, 2.05) is 92.5 Å². The minimum atomic E-state index is -1.27. The fourth-order valence-electron chi connectivity index (χ4n) is 4.74. The molecule has 4 rings (SSSR count). The molecule has 0 aliphatic carbocycles. The van der Waals surface area contributed by atoms with Gasteiger partial charge in [-0.3, -0.25) is 9.56 Å². The molecule has 2 unspecified atom stereocenters. The molecule has 0 bridgehead atoms. The van der Waals surface area contributed by atoms with Crippen molar-refractivity contribution >= 4 is 11.8 Å². The van der Waals surface area contributed by atoms with E-state index in [2.05, 4.69) is 9.56 Å². The molecule has 1 N–H and O–H groups in total. The zero-order chi connectivity index (χ0) is 21.3. The summed E-state index contributed by atoms with van der Waals surface area (Å²) in [5.74, 6) is 0.0377. The van der Waals surface area contributed by atoms with E-state index in [0.717, 1.165) is 28.1 Å². The highest BCUT2D eigenvalue weighted by atomic mass is 16.4. The van der Waals surface area contributed by atoms with Crippen LogP contribution in [0, 0.1) is 6.92 Å². The summed E-state index contributed by atoms with van der Waals surface area (Å²) in [5, 5.41) is 10.8. The van der Waals surface area contributed by atoms with E-state index in [4.69, 9.17) is 0 Å². The van der Waals surface area contributed by atoms with Gasteiger partial charge in [0, 0.05) is 23.5 Å². The number of rotatable bonds is 5. The maximum atomic E-state index is 13.2. The average Bonchev–Trinajstić information content (AvgIpc) is 3.04. The van der Waals surface area contributed by atoms with E-state index in [0.29, 0.717) is 6.54 Å². The number of hydrogen-bond donors (Lipinski definition) is 1. The number of aryl methyl sites for hydroxylation is 1. The van der Waals surface area contributed by atoms with E-state index >= 15 is 0 Å². The van der Waals surface area contributed by atoms with Crippen LogP contribution in [-0.4, -0.2) is 45.0 Å². The van der Waals surface area contributed by atoms with Crippen molar-refractivity contribution in [3.05, 3.63) is 101 Å². The summed E-state index contributed by atoms with van der Waals surface area (Å²) < 4.78 is 2.10. The fourth-order valence-corrected chi connectivity index (χ4v) is 4.74. The van der Waals surface area contributed by atoms with Gasteiger partial charge in [0.1, 0.15) is 0 Å². The van der Waals surface area contributed by atoms with Crippen LogP contribution in [0.2, 0.25) is 0 Å². The second-order valence-electron chi connectivity index (χ2n) is 7.67. The first kappa shape index (κ1) is 19.8. The summed E-state index contributed by atoms with van der Waals surface area (Å²) in [6.07, 6.45) is 3.45. The largest absolute Gasteiger partial charge is 0.477 e. The monoisotopic (exact) mass is 400 g/mol. The van der Waals surface area contributed by atoms with E-state index in [9.17, 15) is 9.90 Å². The van der Waals surface area contributed by atoms with Gasteiger partial charge in [-0.25, -0.2) is 9.69 Å². The lowest BCUT2D eigenvalue weighted by molar-refractivity contribution is -0.543. The van der Waals surface area contributed by atoms with Crippen LogP contribution in [-0.2, 0) is 10.3 Å². The highest BCUT2D eigenvalue weighted by Crippen LogP contribution is 2.47. The molecule has 0 radical (unpaired) electrons. The van der Waals surface area contributed by atoms with Crippen molar-refractivity contribution in [2.45, 2.75) is 25.4 Å². The average molecular weight is 401 g/mol. The number of carboxylic acid groups (broad SMARTS) is 1. The second kappa shape index (κ2) is 7.75. The van der Waals surface area contributed by atoms with Crippen molar-refractivity contribution in [3.8, 4) is 0 Å². The third-order valence-electron chi connectivity index (χ3n) is 5.99. The molecule has 0 saturated carbocycles. The fraction of sp³-hybridized carbons (Fsp3) is 0.240. The topological polar surface area (TPSA) is 56.4 Å². The van der Waals surface area contributed by atoms with Gasteiger partial charge < -0.3 is 5.11 Å². The molecule has 1 aliphatic rings. The lowest BCUT2D eigenvalue weighted by Gasteiger charge is -2.34. The number of pyridine rings is 1. The first-order valence-corrected chi connectivity index (χ1v) is 10.1. The van der Waals surface area contributed by atoms with Crippen LogP contribution in [0.25, 0.3) is 0 Å². The Bertz CT molecular complexity index is 1080. The number of hydrogen-bond acceptors (Lipinski definition) is 3. The lowest BCUT2D eigenvalue weighted by Crippen LogP contribution is -2.54. The highest BCUT2D eigenvalue weighted by Gasteiger charge is 2.66. The second-order valence-corrected chi connectivity index (χ2v) is 7.67. The number of nitrogens with zero attached hydrogens (tertiary/aromatic N) is 3. The Hall–Kier alpha value is -3.47. The first-order valence-electron chi connectivity index (χ1n) is 10.1. The van der Waals surface area contributed by atoms with Gasteiger partial charge in [-0.2, -0.15) is 0 Å². The van der Waals surface area contributed by atoms with Crippen molar-refractivity contribution in [2.75, 3.05) is 13.6 Å². The van der Waals surface area contributed by atoms with Crippen molar-refractivity contribution in [1.82, 2.24) is 9.88 Å². The number of amidine groups is 1. The first-order chi connectivity index (χ1) is 14.5. The summed E-state index contributed by atoms with van der Waals surface area (Å²) >= 11 is 0. The summed E-state index contributed by atoms with van der Waals surface area (Å²) in [6.45, 7) is 4.57. The van der Waals surface area contributed by atoms with Gasteiger partial charge in [-0.05, 0) is 38.1 Å². The highest BCUT2D eigenvalue weighted by molar-refractivity contribution is 6.01. The van der Waals surface area contributed by atoms with Gasteiger partial charge in [0.25, 0.3) is 11.4 Å². The molecule has 1 aliphatic heterocycles. The minimum absolute atomic E-state index is 0.420. The van der Waals surface area contributed by atoms with E-state index < -0.39 is 17.6 Å². The Morgan fingerprint density at radius 2 is 1.70 bits per heavy atom. The van der Waals surface area contributed by atoms with Crippen molar-refractivity contribution in [1.29, 1.82) is 0 Å². The molecule has 0 amide bonds. The molecule has 2 heterocycles. The number of aliphatic carboxylic acids is 1. The van der Waals surface area contributed by atoms with Crippen molar-refractivity contribution in [3.63, 3.8) is 0 Å². The Morgan fingerprint density at radius 3 is 2.27 bits per heavy atom. The number of aromatic nitrogens is 1. The molecule has 30 heavy (non-hydrogen) atoms. The quantitative estimate of drug-likeness (QED) is 0.661. The standard InChI is InChI=1S/C25H25N3O2/c1-4-28-23(20-8-6-5-7-9-20)27(3)22(19-14-16-26-17-15-19)25(28,24(29)30)21-12-10-18(2)11-13-21/h5-17,22H,4H2,1-3H3/p+1. The smallest absolute Gasteiger partial charge is 0.362 e. The van der Waals surface area contributed by atoms with Crippen LogP contribution in [0.4, 0.5) is 0 Å². The Morgan fingerprint density at radius 1 is 1.07 bits per heavy atom. The van der Waals surface area contributed by atoms with Gasteiger partial charge in [-0.15, -0.1) is 0 Å². The summed E-state index contributed by atoms with van der Waals surface area (Å²) in [5.41, 5.74) is 2.50. The third-order valence-corrected chi connectivity index (χ3v) is 5.99. The van der Waals surface area contributed by atoms with Gasteiger partial charge in [0.15, 0.2) is 6.04 Å². The van der Waals surface area contributed by atoms with Crippen LogP contribution in [0.15, 0.2) is 79.1 Å². The van der Waals surface area contributed by atoms with Crippen molar-refractivity contribution in [2.24, 2.45) is 0 Å². The SMILES string of the molecule is CCN1C(c2ccccc2)=[N+](C)C(c2ccncc2)C1(C(=O)O)c1ccc(C)cc1. The Labute approximate surface area is 176 Å². The van der Waals surface area contributed by atoms with Crippen LogP contribution < -0.4 is 0 Å². The van der Waals surface area contributed by atoms with E-state index in [-0.39, 0.29) is 0 Å². The molecular formula is C25H26N3O2+. The third kappa shape index (κ3) is 2.89. The molecule has 5 heteroatoms. The predicted octanol–water partition coefficient (Wildman–Crippen LogP) is 3.84. The predicted molar refractivity (Wildman–Crippen MR) is 117 cm³/mol. The zero-order valence-electron chi connectivity index (χ0n) is 17.5. The minimum Gasteiger partial charge on any atom is -0.477 e.